The molecule has 27 heavy (non-hydrogen) atoms. The highest BCUT2D eigenvalue weighted by atomic mass is 16.5. The molecule has 2 aromatic carbocycles. The van der Waals surface area contributed by atoms with Gasteiger partial charge in [-0.2, -0.15) is 0 Å². The van der Waals surface area contributed by atoms with E-state index in [-0.39, 0.29) is 6.42 Å². The Labute approximate surface area is 161 Å². The summed E-state index contributed by atoms with van der Waals surface area (Å²) in [7, 11) is 0. The summed E-state index contributed by atoms with van der Waals surface area (Å²) in [6.45, 7) is 3.93. The molecule has 2 N–H and O–H groups in total. The first-order valence-electron chi connectivity index (χ1n) is 9.50. The van der Waals surface area contributed by atoms with Crippen molar-refractivity contribution in [3.8, 4) is 5.75 Å². The van der Waals surface area contributed by atoms with Crippen molar-refractivity contribution in [1.29, 1.82) is 0 Å². The molecule has 0 aliphatic heterocycles. The third-order valence-electron chi connectivity index (χ3n) is 4.18. The third-order valence-corrected chi connectivity index (χ3v) is 4.18. The first-order valence-corrected chi connectivity index (χ1v) is 9.50. The second-order valence-corrected chi connectivity index (χ2v) is 6.67. The molecule has 0 radical (unpaired) electrons. The van der Waals surface area contributed by atoms with Crippen LogP contribution < -0.4 is 10.1 Å². The lowest BCUT2D eigenvalue weighted by molar-refractivity contribution is -0.136. The minimum Gasteiger partial charge on any atom is -0.494 e. The minimum absolute atomic E-state index is 0.144. The summed E-state index contributed by atoms with van der Waals surface area (Å²) in [5.74, 6) is 0.115. The predicted molar refractivity (Wildman–Crippen MR) is 110 cm³/mol. The lowest BCUT2D eigenvalue weighted by Crippen LogP contribution is -2.19. The molecule has 0 aliphatic carbocycles. The van der Waals surface area contributed by atoms with E-state index in [9.17, 15) is 4.79 Å². The normalized spacial score (nSPS) is 11.4. The Morgan fingerprint density at radius 1 is 1.07 bits per heavy atom. The van der Waals surface area contributed by atoms with Crippen LogP contribution in [0, 0.1) is 0 Å². The standard InChI is InChI=1S/C23H29NO3/c1-19(18-24-15-14-23(25)26)17-21-10-12-22(13-11-21)27-16-6-5-9-20-7-3-2-4-8-20/h2-4,7-8,10-13,17,24H,5-6,9,14-16,18H2,1H3,(H,25,26). The van der Waals surface area contributed by atoms with E-state index < -0.39 is 5.97 Å². The number of benzene rings is 2. The van der Waals surface area contributed by atoms with Crippen LogP contribution in [0.3, 0.4) is 0 Å². The molecule has 0 amide bonds. The van der Waals surface area contributed by atoms with Crippen molar-refractivity contribution in [2.45, 2.75) is 32.6 Å². The van der Waals surface area contributed by atoms with Crippen molar-refractivity contribution >= 4 is 12.0 Å². The van der Waals surface area contributed by atoms with Crippen molar-refractivity contribution in [2.24, 2.45) is 0 Å². The van der Waals surface area contributed by atoms with Crippen LogP contribution in [-0.2, 0) is 11.2 Å². The lowest BCUT2D eigenvalue weighted by Gasteiger charge is -2.07. The van der Waals surface area contributed by atoms with Gasteiger partial charge in [0.1, 0.15) is 5.75 Å². The van der Waals surface area contributed by atoms with Crippen molar-refractivity contribution in [1.82, 2.24) is 5.32 Å². The smallest absolute Gasteiger partial charge is 0.304 e. The number of rotatable bonds is 12. The van der Waals surface area contributed by atoms with Crippen LogP contribution in [0.2, 0.25) is 0 Å². The molecule has 0 spiro atoms. The van der Waals surface area contributed by atoms with Gasteiger partial charge in [0.15, 0.2) is 0 Å². The molecule has 0 aliphatic rings. The highest BCUT2D eigenvalue weighted by Gasteiger charge is 1.98. The average molecular weight is 367 g/mol. The van der Waals surface area contributed by atoms with E-state index in [4.69, 9.17) is 9.84 Å². The fraction of sp³-hybridized carbons (Fsp3) is 0.348. The SMILES string of the molecule is CC(=Cc1ccc(OCCCCc2ccccc2)cc1)CNCCC(=O)O. The van der Waals surface area contributed by atoms with Gasteiger partial charge in [0, 0.05) is 13.1 Å². The van der Waals surface area contributed by atoms with Crippen molar-refractivity contribution < 1.29 is 14.6 Å². The first-order chi connectivity index (χ1) is 13.1. The van der Waals surface area contributed by atoms with Crippen LogP contribution in [0.25, 0.3) is 6.08 Å². The molecule has 4 nitrogen and oxygen atoms in total. The number of hydrogen-bond donors (Lipinski definition) is 2. The molecule has 2 aromatic rings. The first kappa shape index (κ1) is 20.7. The van der Waals surface area contributed by atoms with E-state index in [0.29, 0.717) is 13.1 Å². The Hall–Kier alpha value is -2.59. The van der Waals surface area contributed by atoms with Crippen LogP contribution in [0.5, 0.6) is 5.75 Å². The quantitative estimate of drug-likeness (QED) is 0.540. The highest BCUT2D eigenvalue weighted by Crippen LogP contribution is 2.15. The topological polar surface area (TPSA) is 58.6 Å². The van der Waals surface area contributed by atoms with Crippen LogP contribution in [0.4, 0.5) is 0 Å². The summed E-state index contributed by atoms with van der Waals surface area (Å²) >= 11 is 0. The van der Waals surface area contributed by atoms with E-state index in [2.05, 4.69) is 35.7 Å². The minimum atomic E-state index is -0.778. The second-order valence-electron chi connectivity index (χ2n) is 6.67. The van der Waals surface area contributed by atoms with Gasteiger partial charge >= 0.3 is 5.97 Å². The number of aliphatic carboxylic acids is 1. The molecule has 0 fully saturated rings. The Morgan fingerprint density at radius 2 is 1.81 bits per heavy atom. The number of hydrogen-bond acceptors (Lipinski definition) is 3. The Morgan fingerprint density at radius 3 is 2.52 bits per heavy atom. The van der Waals surface area contributed by atoms with E-state index in [1.54, 1.807) is 0 Å². The summed E-state index contributed by atoms with van der Waals surface area (Å²) in [5, 5.41) is 11.7. The molecule has 4 heteroatoms. The van der Waals surface area contributed by atoms with E-state index in [1.807, 2.05) is 37.3 Å². The zero-order valence-corrected chi connectivity index (χ0v) is 16.0. The number of ether oxygens (including phenoxy) is 1. The fourth-order valence-electron chi connectivity index (χ4n) is 2.74. The molecule has 0 unspecified atom stereocenters. The lowest BCUT2D eigenvalue weighted by atomic mass is 10.1. The Kier molecular flexibility index (Phi) is 9.14. The van der Waals surface area contributed by atoms with E-state index >= 15 is 0 Å². The van der Waals surface area contributed by atoms with Crippen LogP contribution in [0.15, 0.2) is 60.2 Å². The zero-order valence-electron chi connectivity index (χ0n) is 16.0. The number of aryl methyl sites for hydroxylation is 1. The molecular formula is C23H29NO3. The largest absolute Gasteiger partial charge is 0.494 e. The molecule has 0 aromatic heterocycles. The molecule has 144 valence electrons. The summed E-state index contributed by atoms with van der Waals surface area (Å²) in [4.78, 5) is 10.5. The van der Waals surface area contributed by atoms with Crippen LogP contribution in [-0.4, -0.2) is 30.8 Å². The average Bonchev–Trinajstić information content (AvgIpc) is 2.67. The predicted octanol–water partition coefficient (Wildman–Crippen LogP) is 4.56. The molecule has 0 bridgehead atoms. The maximum absolute atomic E-state index is 10.5. The molecule has 2 rings (SSSR count). The van der Waals surface area contributed by atoms with Crippen molar-refractivity contribution in [3.63, 3.8) is 0 Å². The summed E-state index contributed by atoms with van der Waals surface area (Å²) in [6.07, 6.45) is 5.49. The van der Waals surface area contributed by atoms with Gasteiger partial charge < -0.3 is 15.2 Å². The summed E-state index contributed by atoms with van der Waals surface area (Å²) in [6, 6.07) is 18.6. The van der Waals surface area contributed by atoms with E-state index in [1.165, 1.54) is 5.56 Å². The third kappa shape index (κ3) is 9.06. The Balaban J connectivity index is 1.65. The monoisotopic (exact) mass is 367 g/mol. The number of carboxylic acids is 1. The van der Waals surface area contributed by atoms with Gasteiger partial charge in [0.05, 0.1) is 13.0 Å². The van der Waals surface area contributed by atoms with Gasteiger partial charge in [-0.05, 0) is 49.4 Å². The number of carbonyl (C=O) groups is 1. The van der Waals surface area contributed by atoms with Gasteiger partial charge in [-0.15, -0.1) is 0 Å². The van der Waals surface area contributed by atoms with Crippen LogP contribution >= 0.6 is 0 Å². The van der Waals surface area contributed by atoms with Gasteiger partial charge in [-0.1, -0.05) is 54.1 Å². The fourth-order valence-corrected chi connectivity index (χ4v) is 2.74. The maximum atomic E-state index is 10.5. The number of unbranched alkanes of at least 4 members (excludes halogenated alkanes) is 1. The maximum Gasteiger partial charge on any atom is 0.304 e. The van der Waals surface area contributed by atoms with Gasteiger partial charge in [-0.3, -0.25) is 4.79 Å². The molecular weight excluding hydrogens is 338 g/mol. The van der Waals surface area contributed by atoms with E-state index in [0.717, 1.165) is 42.8 Å². The van der Waals surface area contributed by atoms with Crippen molar-refractivity contribution in [3.05, 3.63) is 71.3 Å². The highest BCUT2D eigenvalue weighted by molar-refractivity contribution is 5.66. The second kappa shape index (κ2) is 11.9. The number of nitrogens with one attached hydrogen (secondary N) is 1. The summed E-state index contributed by atoms with van der Waals surface area (Å²) < 4.78 is 5.82. The molecule has 0 saturated carbocycles. The molecule has 0 saturated heterocycles. The van der Waals surface area contributed by atoms with Crippen molar-refractivity contribution in [2.75, 3.05) is 19.7 Å². The van der Waals surface area contributed by atoms with Crippen LogP contribution in [0.1, 0.15) is 37.3 Å². The molecule has 0 atom stereocenters. The van der Waals surface area contributed by atoms with Gasteiger partial charge in [0.25, 0.3) is 0 Å². The zero-order chi connectivity index (χ0) is 19.3. The van der Waals surface area contributed by atoms with Gasteiger partial charge in [0.2, 0.25) is 0 Å². The van der Waals surface area contributed by atoms with Gasteiger partial charge in [-0.25, -0.2) is 0 Å². The summed E-state index contributed by atoms with van der Waals surface area (Å²) in [5.41, 5.74) is 3.65. The number of carboxylic acid groups (broad SMARTS) is 1. The Bertz CT molecular complexity index is 708. The molecule has 0 heterocycles.